The Morgan fingerprint density at radius 1 is 1.07 bits per heavy atom. The smallest absolute Gasteiger partial charge is 0.257 e. The molecule has 1 fully saturated rings. The summed E-state index contributed by atoms with van der Waals surface area (Å²) in [5.74, 6) is 0.221. The zero-order chi connectivity index (χ0) is 19.2. The molecule has 27 heavy (non-hydrogen) atoms. The average molecular weight is 368 g/mol. The van der Waals surface area contributed by atoms with Crippen LogP contribution in [0.25, 0.3) is 0 Å². The highest BCUT2D eigenvalue weighted by molar-refractivity contribution is 5.93. The third-order valence-electron chi connectivity index (χ3n) is 4.44. The van der Waals surface area contributed by atoms with E-state index < -0.39 is 0 Å². The largest absolute Gasteiger partial charge is 0.336 e. The number of carbonyl (C=O) groups is 2. The van der Waals surface area contributed by atoms with Gasteiger partial charge < -0.3 is 20.4 Å². The molecule has 2 aromatic rings. The van der Waals surface area contributed by atoms with E-state index in [1.54, 1.807) is 24.5 Å². The summed E-state index contributed by atoms with van der Waals surface area (Å²) < 4.78 is 0. The van der Waals surface area contributed by atoms with Crippen molar-refractivity contribution in [3.8, 4) is 0 Å². The number of rotatable bonds is 5. The molecule has 3 rings (SSSR count). The number of likely N-dealkylation sites (N-methyl/N-ethyl adjacent to an activating group) is 1. The van der Waals surface area contributed by atoms with E-state index in [-0.39, 0.29) is 11.8 Å². The second-order valence-electron chi connectivity index (χ2n) is 6.41. The maximum atomic E-state index is 12.6. The molecule has 0 atom stereocenters. The molecule has 1 aromatic heterocycles. The molecule has 1 aliphatic rings. The van der Waals surface area contributed by atoms with Gasteiger partial charge in [-0.25, -0.2) is 9.97 Å². The minimum atomic E-state index is -0.133. The molecule has 0 unspecified atom stereocenters. The number of anilines is 3. The summed E-state index contributed by atoms with van der Waals surface area (Å²) in [6, 6.07) is 7.26. The molecule has 1 aromatic carbocycles. The van der Waals surface area contributed by atoms with Gasteiger partial charge in [0.25, 0.3) is 5.91 Å². The van der Waals surface area contributed by atoms with Crippen molar-refractivity contribution >= 4 is 29.1 Å². The number of piperazine rings is 1. The van der Waals surface area contributed by atoms with E-state index in [1.165, 1.54) is 6.92 Å². The van der Waals surface area contributed by atoms with Gasteiger partial charge in [-0.1, -0.05) is 13.0 Å². The van der Waals surface area contributed by atoms with Gasteiger partial charge in [0.1, 0.15) is 0 Å². The van der Waals surface area contributed by atoms with Gasteiger partial charge in [-0.15, -0.1) is 0 Å². The summed E-state index contributed by atoms with van der Waals surface area (Å²) >= 11 is 0. The molecule has 0 aliphatic carbocycles. The number of hydrogen-bond donors (Lipinski definition) is 2. The fourth-order valence-electron chi connectivity index (χ4n) is 2.96. The van der Waals surface area contributed by atoms with E-state index in [4.69, 9.17) is 0 Å². The second kappa shape index (κ2) is 8.59. The van der Waals surface area contributed by atoms with Crippen molar-refractivity contribution in [2.24, 2.45) is 0 Å². The van der Waals surface area contributed by atoms with Gasteiger partial charge in [0.2, 0.25) is 11.9 Å². The lowest BCUT2D eigenvalue weighted by atomic mass is 10.2. The van der Waals surface area contributed by atoms with Gasteiger partial charge in [-0.2, -0.15) is 0 Å². The lowest BCUT2D eigenvalue weighted by Gasteiger charge is -2.33. The van der Waals surface area contributed by atoms with Crippen LogP contribution in [0.2, 0.25) is 0 Å². The van der Waals surface area contributed by atoms with Gasteiger partial charge >= 0.3 is 0 Å². The molecule has 142 valence electrons. The fourth-order valence-corrected chi connectivity index (χ4v) is 2.96. The minimum absolute atomic E-state index is 0.0371. The van der Waals surface area contributed by atoms with E-state index in [0.29, 0.717) is 17.2 Å². The Bertz CT molecular complexity index is 800. The van der Waals surface area contributed by atoms with Crippen LogP contribution in [0, 0.1) is 0 Å². The van der Waals surface area contributed by atoms with Crippen molar-refractivity contribution in [1.82, 2.24) is 19.8 Å². The summed E-state index contributed by atoms with van der Waals surface area (Å²) in [5.41, 5.74) is 1.92. The highest BCUT2D eigenvalue weighted by atomic mass is 16.2. The number of nitrogens with zero attached hydrogens (tertiary/aromatic N) is 4. The Morgan fingerprint density at radius 3 is 2.37 bits per heavy atom. The van der Waals surface area contributed by atoms with Gasteiger partial charge in [-0.3, -0.25) is 9.59 Å². The normalized spacial score (nSPS) is 14.7. The first kappa shape index (κ1) is 18.8. The molecule has 0 spiro atoms. The number of aromatic nitrogens is 2. The highest BCUT2D eigenvalue weighted by Crippen LogP contribution is 2.18. The van der Waals surface area contributed by atoms with Crippen LogP contribution < -0.4 is 10.6 Å². The van der Waals surface area contributed by atoms with E-state index in [0.717, 1.165) is 38.4 Å². The Morgan fingerprint density at radius 2 is 1.74 bits per heavy atom. The SMILES string of the molecule is CCN1CCN(C(=O)c2cnc(Nc3cccc(NC(C)=O)c3)nc2)CC1. The van der Waals surface area contributed by atoms with Crippen LogP contribution in [0.1, 0.15) is 24.2 Å². The maximum absolute atomic E-state index is 12.6. The number of benzene rings is 1. The van der Waals surface area contributed by atoms with Crippen molar-refractivity contribution in [2.45, 2.75) is 13.8 Å². The summed E-state index contributed by atoms with van der Waals surface area (Å²) in [4.78, 5) is 36.4. The monoisotopic (exact) mass is 368 g/mol. The average Bonchev–Trinajstić information content (AvgIpc) is 2.68. The first-order valence-electron chi connectivity index (χ1n) is 9.03. The van der Waals surface area contributed by atoms with Crippen molar-refractivity contribution in [3.05, 3.63) is 42.2 Å². The molecule has 0 radical (unpaired) electrons. The third kappa shape index (κ3) is 5.01. The zero-order valence-corrected chi connectivity index (χ0v) is 15.6. The van der Waals surface area contributed by atoms with Crippen molar-refractivity contribution in [3.63, 3.8) is 0 Å². The molecule has 1 aliphatic heterocycles. The lowest BCUT2D eigenvalue weighted by molar-refractivity contribution is -0.114. The van der Waals surface area contributed by atoms with Gasteiger partial charge in [-0.05, 0) is 24.7 Å². The third-order valence-corrected chi connectivity index (χ3v) is 4.44. The van der Waals surface area contributed by atoms with Crippen LogP contribution in [0.15, 0.2) is 36.7 Å². The Labute approximate surface area is 158 Å². The van der Waals surface area contributed by atoms with E-state index in [2.05, 4.69) is 32.4 Å². The van der Waals surface area contributed by atoms with Gasteiger partial charge in [0.05, 0.1) is 5.56 Å². The molecule has 8 nitrogen and oxygen atoms in total. The number of carbonyl (C=O) groups excluding carboxylic acids is 2. The molecule has 0 saturated carbocycles. The second-order valence-corrected chi connectivity index (χ2v) is 6.41. The summed E-state index contributed by atoms with van der Waals surface area (Å²) in [6.45, 7) is 7.84. The standard InChI is InChI=1S/C19H24N6O2/c1-3-24-7-9-25(10-8-24)18(27)15-12-20-19(21-13-15)23-17-6-4-5-16(11-17)22-14(2)26/h4-6,11-13H,3,7-10H2,1-2H3,(H,22,26)(H,20,21,23). The van der Waals surface area contributed by atoms with Crippen LogP contribution in [0.3, 0.4) is 0 Å². The predicted molar refractivity (Wildman–Crippen MR) is 104 cm³/mol. The van der Waals surface area contributed by atoms with Crippen LogP contribution in [0.4, 0.5) is 17.3 Å². The van der Waals surface area contributed by atoms with Crippen LogP contribution in [0.5, 0.6) is 0 Å². The molecular weight excluding hydrogens is 344 g/mol. The molecule has 0 bridgehead atoms. The highest BCUT2D eigenvalue weighted by Gasteiger charge is 2.21. The van der Waals surface area contributed by atoms with Gasteiger partial charge in [0.15, 0.2) is 0 Å². The van der Waals surface area contributed by atoms with Crippen molar-refractivity contribution in [2.75, 3.05) is 43.4 Å². The number of amides is 2. The molecular formula is C19H24N6O2. The predicted octanol–water partition coefficient (Wildman–Crippen LogP) is 1.96. The zero-order valence-electron chi connectivity index (χ0n) is 15.6. The van der Waals surface area contributed by atoms with Crippen LogP contribution >= 0.6 is 0 Å². The van der Waals surface area contributed by atoms with Crippen molar-refractivity contribution < 1.29 is 9.59 Å². The molecule has 2 N–H and O–H groups in total. The minimum Gasteiger partial charge on any atom is -0.336 e. The number of hydrogen-bond acceptors (Lipinski definition) is 6. The first-order valence-corrected chi connectivity index (χ1v) is 9.03. The van der Waals surface area contributed by atoms with Crippen LogP contribution in [-0.2, 0) is 4.79 Å². The molecule has 1 saturated heterocycles. The first-order chi connectivity index (χ1) is 13.0. The van der Waals surface area contributed by atoms with E-state index in [1.807, 2.05) is 17.0 Å². The quantitative estimate of drug-likeness (QED) is 0.838. The Balaban J connectivity index is 1.62. The van der Waals surface area contributed by atoms with Gasteiger partial charge in [0, 0.05) is 56.9 Å². The number of nitrogens with one attached hydrogen (secondary N) is 2. The molecule has 8 heteroatoms. The van der Waals surface area contributed by atoms with Crippen molar-refractivity contribution in [1.29, 1.82) is 0 Å². The summed E-state index contributed by atoms with van der Waals surface area (Å²) in [5, 5.41) is 5.80. The fraction of sp³-hybridized carbons (Fsp3) is 0.368. The van der Waals surface area contributed by atoms with E-state index in [9.17, 15) is 9.59 Å². The Kier molecular flexibility index (Phi) is 5.97. The topological polar surface area (TPSA) is 90.5 Å². The molecule has 2 amide bonds. The summed E-state index contributed by atoms with van der Waals surface area (Å²) in [6.07, 6.45) is 3.09. The summed E-state index contributed by atoms with van der Waals surface area (Å²) in [7, 11) is 0. The maximum Gasteiger partial charge on any atom is 0.257 e. The lowest BCUT2D eigenvalue weighted by Crippen LogP contribution is -2.48. The molecule has 2 heterocycles. The van der Waals surface area contributed by atoms with E-state index >= 15 is 0 Å². The van der Waals surface area contributed by atoms with Crippen LogP contribution in [-0.4, -0.2) is 64.3 Å². The Hall–Kier alpha value is -3.00.